The fraction of sp³-hybridized carbons (Fsp3) is 0.364. The second kappa shape index (κ2) is 6.19. The molecule has 0 N–H and O–H groups in total. The van der Waals surface area contributed by atoms with E-state index in [1.54, 1.807) is 12.1 Å². The molecule has 0 radical (unpaired) electrons. The van der Waals surface area contributed by atoms with E-state index in [1.165, 1.54) is 13.1 Å². The summed E-state index contributed by atoms with van der Waals surface area (Å²) in [5.41, 5.74) is 1.10. The molecule has 1 nitrogen and oxygen atoms in total. The Labute approximate surface area is 79.0 Å². The van der Waals surface area contributed by atoms with Gasteiger partial charge in [0, 0.05) is 11.8 Å². The molecule has 1 heterocycles. The zero-order chi connectivity index (χ0) is 10.3. The van der Waals surface area contributed by atoms with Gasteiger partial charge in [-0.2, -0.15) is 0 Å². The lowest BCUT2D eigenvalue weighted by molar-refractivity contribution is 0.366. The van der Waals surface area contributed by atoms with Crippen LogP contribution in [0, 0.1) is 12.3 Å². The van der Waals surface area contributed by atoms with Crippen LogP contribution in [0.4, 0.5) is 4.39 Å². The minimum atomic E-state index is -1.03. The molecule has 2 heteroatoms. The van der Waals surface area contributed by atoms with Gasteiger partial charge in [-0.15, -0.1) is 6.42 Å². The Kier molecular flexibility index (Phi) is 5.54. The second-order valence-electron chi connectivity index (χ2n) is 2.23. The zero-order valence-electron chi connectivity index (χ0n) is 8.21. The van der Waals surface area contributed by atoms with Crippen molar-refractivity contribution in [2.75, 3.05) is 0 Å². The molecule has 0 bridgehead atoms. The Balaban J connectivity index is 0.000000671. The van der Waals surface area contributed by atoms with Gasteiger partial charge in [-0.3, -0.25) is 4.98 Å². The van der Waals surface area contributed by atoms with E-state index in [1.807, 2.05) is 13.8 Å². The quantitative estimate of drug-likeness (QED) is 0.603. The van der Waals surface area contributed by atoms with E-state index in [0.717, 1.165) is 0 Å². The largest absolute Gasteiger partial charge is 0.257 e. The Bertz CT molecular complexity index is 269. The highest BCUT2D eigenvalue weighted by Gasteiger charge is 2.02. The van der Waals surface area contributed by atoms with Gasteiger partial charge in [0.1, 0.15) is 6.17 Å². The summed E-state index contributed by atoms with van der Waals surface area (Å²) in [4.78, 5) is 3.83. The minimum absolute atomic E-state index is 0.420. The number of hydrogen-bond acceptors (Lipinski definition) is 1. The number of nitrogens with zero attached hydrogens (tertiary/aromatic N) is 1. The molecule has 1 aromatic rings. The third-order valence-electron chi connectivity index (χ3n) is 1.36. The highest BCUT2D eigenvalue weighted by molar-refractivity contribution is 5.30. The Morgan fingerprint density at radius 1 is 1.46 bits per heavy atom. The van der Waals surface area contributed by atoms with Crippen LogP contribution in [0.3, 0.4) is 0 Å². The smallest absolute Gasteiger partial charge is 0.139 e. The molecule has 0 aliphatic heterocycles. The van der Waals surface area contributed by atoms with E-state index >= 15 is 0 Å². The lowest BCUT2D eigenvalue weighted by atomic mass is 10.2. The van der Waals surface area contributed by atoms with E-state index in [2.05, 4.69) is 10.9 Å². The SMILES string of the molecule is C#Cc1ccc(C(C)F)nc1.CC. The Morgan fingerprint density at radius 3 is 2.38 bits per heavy atom. The molecule has 70 valence electrons. The van der Waals surface area contributed by atoms with Crippen LogP contribution in [0.2, 0.25) is 0 Å². The van der Waals surface area contributed by atoms with Crippen molar-refractivity contribution in [3.8, 4) is 12.3 Å². The average molecular weight is 179 g/mol. The van der Waals surface area contributed by atoms with Gasteiger partial charge in [0.15, 0.2) is 0 Å². The van der Waals surface area contributed by atoms with Crippen molar-refractivity contribution < 1.29 is 4.39 Å². The molecular weight excluding hydrogens is 165 g/mol. The molecule has 13 heavy (non-hydrogen) atoms. The fourth-order valence-corrected chi connectivity index (χ4v) is 0.726. The molecule has 1 rings (SSSR count). The summed E-state index contributed by atoms with van der Waals surface area (Å²) in [5, 5.41) is 0. The molecule has 0 spiro atoms. The van der Waals surface area contributed by atoms with E-state index in [0.29, 0.717) is 11.3 Å². The highest BCUT2D eigenvalue weighted by atomic mass is 19.1. The van der Waals surface area contributed by atoms with Crippen molar-refractivity contribution in [3.05, 3.63) is 29.6 Å². The first-order valence-corrected chi connectivity index (χ1v) is 4.30. The number of rotatable bonds is 1. The van der Waals surface area contributed by atoms with Gasteiger partial charge in [0.2, 0.25) is 0 Å². The summed E-state index contributed by atoms with van der Waals surface area (Å²) >= 11 is 0. The van der Waals surface area contributed by atoms with Crippen LogP contribution in [0.15, 0.2) is 18.3 Å². The van der Waals surface area contributed by atoms with Crippen LogP contribution >= 0.6 is 0 Å². The molecule has 0 amide bonds. The molecule has 1 unspecified atom stereocenters. The van der Waals surface area contributed by atoms with Crippen molar-refractivity contribution in [2.24, 2.45) is 0 Å². The Morgan fingerprint density at radius 2 is 2.08 bits per heavy atom. The third-order valence-corrected chi connectivity index (χ3v) is 1.36. The first-order valence-electron chi connectivity index (χ1n) is 4.30. The fourth-order valence-electron chi connectivity index (χ4n) is 0.726. The van der Waals surface area contributed by atoms with E-state index in [-0.39, 0.29) is 0 Å². The van der Waals surface area contributed by atoms with Gasteiger partial charge < -0.3 is 0 Å². The number of aromatic nitrogens is 1. The zero-order valence-corrected chi connectivity index (χ0v) is 8.21. The lowest BCUT2D eigenvalue weighted by Crippen LogP contribution is -1.90. The molecule has 0 aliphatic rings. The number of hydrogen-bond donors (Lipinski definition) is 0. The second-order valence-corrected chi connectivity index (χ2v) is 2.23. The van der Waals surface area contributed by atoms with Crippen molar-refractivity contribution in [3.63, 3.8) is 0 Å². The normalized spacial score (nSPS) is 10.7. The monoisotopic (exact) mass is 179 g/mol. The maximum absolute atomic E-state index is 12.6. The van der Waals surface area contributed by atoms with E-state index in [9.17, 15) is 4.39 Å². The summed E-state index contributed by atoms with van der Waals surface area (Å²) in [6.45, 7) is 5.44. The molecule has 0 aliphatic carbocycles. The van der Waals surface area contributed by atoms with Gasteiger partial charge in [-0.05, 0) is 19.1 Å². The predicted octanol–water partition coefficient (Wildman–Crippen LogP) is 3.12. The topological polar surface area (TPSA) is 12.9 Å². The maximum Gasteiger partial charge on any atom is 0.139 e. The molecule has 0 saturated heterocycles. The summed E-state index contributed by atoms with van der Waals surface area (Å²) in [7, 11) is 0. The summed E-state index contributed by atoms with van der Waals surface area (Å²) in [6, 6.07) is 3.28. The van der Waals surface area contributed by atoms with Crippen LogP contribution < -0.4 is 0 Å². The van der Waals surface area contributed by atoms with Crippen LogP contribution in [-0.4, -0.2) is 4.98 Å². The van der Waals surface area contributed by atoms with Gasteiger partial charge in [0.05, 0.1) is 5.69 Å². The summed E-state index contributed by atoms with van der Waals surface area (Å²) in [6.07, 6.45) is 5.56. The van der Waals surface area contributed by atoms with Crippen molar-refractivity contribution in [2.45, 2.75) is 26.9 Å². The van der Waals surface area contributed by atoms with Gasteiger partial charge >= 0.3 is 0 Å². The van der Waals surface area contributed by atoms with Crippen molar-refractivity contribution in [1.82, 2.24) is 4.98 Å². The van der Waals surface area contributed by atoms with Crippen LogP contribution in [-0.2, 0) is 0 Å². The molecular formula is C11H14FN. The summed E-state index contributed by atoms with van der Waals surface area (Å²) < 4.78 is 12.6. The van der Waals surface area contributed by atoms with Gasteiger partial charge in [-0.1, -0.05) is 19.8 Å². The number of terminal acetylenes is 1. The maximum atomic E-state index is 12.6. The van der Waals surface area contributed by atoms with E-state index < -0.39 is 6.17 Å². The lowest BCUT2D eigenvalue weighted by Gasteiger charge is -1.99. The first kappa shape index (κ1) is 11.6. The summed E-state index contributed by atoms with van der Waals surface area (Å²) in [5.74, 6) is 2.41. The van der Waals surface area contributed by atoms with Gasteiger partial charge in [-0.25, -0.2) is 4.39 Å². The first-order chi connectivity index (χ1) is 6.24. The van der Waals surface area contributed by atoms with Crippen LogP contribution in [0.25, 0.3) is 0 Å². The third kappa shape index (κ3) is 3.71. The number of alkyl halides is 1. The van der Waals surface area contributed by atoms with Crippen molar-refractivity contribution >= 4 is 0 Å². The van der Waals surface area contributed by atoms with E-state index in [4.69, 9.17) is 6.42 Å². The molecule has 1 atom stereocenters. The molecule has 0 fully saturated rings. The van der Waals surface area contributed by atoms with Crippen molar-refractivity contribution in [1.29, 1.82) is 0 Å². The number of halogens is 1. The molecule has 0 aromatic carbocycles. The molecule has 1 aromatic heterocycles. The van der Waals surface area contributed by atoms with Crippen LogP contribution in [0.1, 0.15) is 38.2 Å². The average Bonchev–Trinajstić information content (AvgIpc) is 2.21. The standard InChI is InChI=1S/C9H8FN.C2H6/c1-3-8-4-5-9(7(2)10)11-6-8;1-2/h1,4-7H,2H3;1-2H3. The number of pyridine rings is 1. The van der Waals surface area contributed by atoms with Crippen LogP contribution in [0.5, 0.6) is 0 Å². The minimum Gasteiger partial charge on any atom is -0.257 e. The highest BCUT2D eigenvalue weighted by Crippen LogP contribution is 2.12. The predicted molar refractivity (Wildman–Crippen MR) is 53.0 cm³/mol. The van der Waals surface area contributed by atoms with Gasteiger partial charge in [0.25, 0.3) is 0 Å². The molecule has 0 saturated carbocycles. The Hall–Kier alpha value is -1.36.